The lowest BCUT2D eigenvalue weighted by Crippen LogP contribution is -2.43. The van der Waals surface area contributed by atoms with E-state index in [1.807, 2.05) is 6.26 Å². The van der Waals surface area contributed by atoms with Crippen molar-refractivity contribution >= 4 is 35.2 Å². The van der Waals surface area contributed by atoms with Crippen LogP contribution in [0.3, 0.4) is 0 Å². The van der Waals surface area contributed by atoms with Crippen molar-refractivity contribution < 1.29 is 23.2 Å². The van der Waals surface area contributed by atoms with Crippen LogP contribution in [0.2, 0.25) is 0 Å². The molecule has 1 aromatic heterocycles. The third kappa shape index (κ3) is 5.78. The average Bonchev–Trinajstić information content (AvgIpc) is 2.79. The lowest BCUT2D eigenvalue weighted by Gasteiger charge is -2.32. The van der Waals surface area contributed by atoms with Crippen LogP contribution in [-0.4, -0.2) is 53.5 Å². The largest absolute Gasteiger partial charge is 0.348 e. The molecule has 0 atom stereocenters. The van der Waals surface area contributed by atoms with Gasteiger partial charge in [-0.15, -0.1) is 11.8 Å². The summed E-state index contributed by atoms with van der Waals surface area (Å²) in [7, 11) is 0. The number of likely N-dealkylation sites (tertiary alicyclic amines) is 1. The maximum Gasteiger partial charge on any atom is 0.313 e. The van der Waals surface area contributed by atoms with E-state index in [4.69, 9.17) is 0 Å². The predicted octanol–water partition coefficient (Wildman–Crippen LogP) is 2.69. The van der Waals surface area contributed by atoms with Crippen molar-refractivity contribution in [2.45, 2.75) is 17.9 Å². The summed E-state index contributed by atoms with van der Waals surface area (Å²) in [6.45, 7) is 1.38. The van der Waals surface area contributed by atoms with Gasteiger partial charge in [0.15, 0.2) is 11.6 Å². The SMILES string of the molecule is CSc1ncccc1C(=O)N1CCC(CNC(=O)C(=O)Nc2ccc(F)c(F)c2)CC1. The number of hydrogen-bond donors (Lipinski definition) is 2. The van der Waals surface area contributed by atoms with E-state index in [9.17, 15) is 23.2 Å². The molecule has 0 unspecified atom stereocenters. The zero-order valence-corrected chi connectivity index (χ0v) is 17.7. The number of carbonyl (C=O) groups is 3. The molecule has 1 aliphatic rings. The van der Waals surface area contributed by atoms with E-state index in [-0.39, 0.29) is 24.1 Å². The molecule has 0 radical (unpaired) electrons. The van der Waals surface area contributed by atoms with Crippen molar-refractivity contribution in [3.63, 3.8) is 0 Å². The van der Waals surface area contributed by atoms with Gasteiger partial charge in [0.2, 0.25) is 0 Å². The molecule has 3 rings (SSSR count). The van der Waals surface area contributed by atoms with E-state index in [0.717, 1.165) is 12.1 Å². The quantitative estimate of drug-likeness (QED) is 0.542. The summed E-state index contributed by atoms with van der Waals surface area (Å²) >= 11 is 1.42. The Balaban J connectivity index is 1.45. The Labute approximate surface area is 182 Å². The van der Waals surface area contributed by atoms with E-state index >= 15 is 0 Å². The zero-order valence-electron chi connectivity index (χ0n) is 16.9. The molecule has 2 heterocycles. The third-order valence-corrected chi connectivity index (χ3v) is 5.74. The molecular formula is C21H22F2N4O3S. The van der Waals surface area contributed by atoms with E-state index in [1.165, 1.54) is 17.8 Å². The van der Waals surface area contributed by atoms with Crippen molar-refractivity contribution in [3.05, 3.63) is 53.7 Å². The van der Waals surface area contributed by atoms with Gasteiger partial charge in [-0.25, -0.2) is 13.8 Å². The Morgan fingerprint density at radius 2 is 1.87 bits per heavy atom. The van der Waals surface area contributed by atoms with Crippen molar-refractivity contribution in [1.82, 2.24) is 15.2 Å². The minimum atomic E-state index is -1.12. The molecule has 0 spiro atoms. The van der Waals surface area contributed by atoms with Crippen LogP contribution >= 0.6 is 11.8 Å². The molecule has 3 amide bonds. The van der Waals surface area contributed by atoms with Crippen molar-refractivity contribution in [2.24, 2.45) is 5.92 Å². The fourth-order valence-corrected chi connectivity index (χ4v) is 3.85. The molecule has 0 saturated carbocycles. The number of pyridine rings is 1. The highest BCUT2D eigenvalue weighted by atomic mass is 32.2. The fraction of sp³-hybridized carbons (Fsp3) is 0.333. The second kappa shape index (κ2) is 10.3. The number of nitrogens with one attached hydrogen (secondary N) is 2. The Morgan fingerprint density at radius 1 is 1.13 bits per heavy atom. The lowest BCUT2D eigenvalue weighted by molar-refractivity contribution is -0.136. The highest BCUT2D eigenvalue weighted by Crippen LogP contribution is 2.22. The normalized spacial score (nSPS) is 14.2. The Morgan fingerprint density at radius 3 is 2.55 bits per heavy atom. The number of benzene rings is 1. The number of halogens is 2. The molecule has 164 valence electrons. The number of hydrogen-bond acceptors (Lipinski definition) is 5. The summed E-state index contributed by atoms with van der Waals surface area (Å²) in [5.41, 5.74) is 0.571. The van der Waals surface area contributed by atoms with Crippen molar-refractivity contribution in [3.8, 4) is 0 Å². The first-order valence-electron chi connectivity index (χ1n) is 9.71. The first-order chi connectivity index (χ1) is 14.9. The molecule has 2 N–H and O–H groups in total. The Hall–Kier alpha value is -3.01. The van der Waals surface area contributed by atoms with E-state index in [1.54, 1.807) is 23.2 Å². The molecule has 1 aromatic carbocycles. The molecule has 1 aliphatic heterocycles. The summed E-state index contributed by atoms with van der Waals surface area (Å²) in [4.78, 5) is 42.7. The van der Waals surface area contributed by atoms with Crippen LogP contribution in [0.4, 0.5) is 14.5 Å². The summed E-state index contributed by atoms with van der Waals surface area (Å²) in [5, 5.41) is 5.48. The smallest absolute Gasteiger partial charge is 0.313 e. The second-order valence-electron chi connectivity index (χ2n) is 7.09. The van der Waals surface area contributed by atoms with E-state index in [0.29, 0.717) is 36.5 Å². The van der Waals surface area contributed by atoms with Crippen LogP contribution in [0, 0.1) is 17.6 Å². The molecule has 1 saturated heterocycles. The van der Waals surface area contributed by atoms with Crippen LogP contribution < -0.4 is 10.6 Å². The minimum Gasteiger partial charge on any atom is -0.348 e. The predicted molar refractivity (Wildman–Crippen MR) is 113 cm³/mol. The standard InChI is InChI=1S/C21H22F2N4O3S/c1-31-20-15(3-2-8-24-20)21(30)27-9-6-13(7-10-27)12-25-18(28)19(29)26-14-4-5-16(22)17(23)11-14/h2-5,8,11,13H,6-7,9-10,12H2,1H3,(H,25,28)(H,26,29). The maximum atomic E-state index is 13.2. The first kappa shape index (κ1) is 22.7. The average molecular weight is 448 g/mol. The van der Waals surface area contributed by atoms with E-state index in [2.05, 4.69) is 15.6 Å². The number of thioether (sulfide) groups is 1. The van der Waals surface area contributed by atoms with Crippen LogP contribution in [0.15, 0.2) is 41.6 Å². The van der Waals surface area contributed by atoms with Gasteiger partial charge in [-0.3, -0.25) is 14.4 Å². The number of nitrogens with zero attached hydrogens (tertiary/aromatic N) is 2. The van der Waals surface area contributed by atoms with Gasteiger partial charge in [-0.2, -0.15) is 0 Å². The monoisotopic (exact) mass is 448 g/mol. The highest BCUT2D eigenvalue weighted by molar-refractivity contribution is 7.98. The van der Waals surface area contributed by atoms with Crippen LogP contribution in [0.5, 0.6) is 0 Å². The van der Waals surface area contributed by atoms with Gasteiger partial charge in [-0.1, -0.05) is 0 Å². The van der Waals surface area contributed by atoms with Crippen molar-refractivity contribution in [2.75, 3.05) is 31.2 Å². The number of amides is 3. The highest BCUT2D eigenvalue weighted by Gasteiger charge is 2.26. The van der Waals surface area contributed by atoms with Crippen LogP contribution in [0.25, 0.3) is 0 Å². The second-order valence-corrected chi connectivity index (χ2v) is 7.88. The third-order valence-electron chi connectivity index (χ3n) is 5.03. The Bertz CT molecular complexity index is 981. The Kier molecular flexibility index (Phi) is 7.56. The zero-order chi connectivity index (χ0) is 22.4. The van der Waals surface area contributed by atoms with Gasteiger partial charge in [-0.05, 0) is 49.3 Å². The molecule has 31 heavy (non-hydrogen) atoms. The summed E-state index contributed by atoms with van der Waals surface area (Å²) in [6, 6.07) is 6.34. The van der Waals surface area contributed by atoms with Crippen LogP contribution in [-0.2, 0) is 9.59 Å². The van der Waals surface area contributed by atoms with Gasteiger partial charge in [0.1, 0.15) is 5.03 Å². The van der Waals surface area contributed by atoms with Crippen molar-refractivity contribution in [1.29, 1.82) is 0 Å². The number of rotatable bonds is 5. The lowest BCUT2D eigenvalue weighted by atomic mass is 9.96. The number of carbonyl (C=O) groups excluding carboxylic acids is 3. The molecule has 0 bridgehead atoms. The molecule has 2 aromatic rings. The van der Waals surface area contributed by atoms with Gasteiger partial charge in [0.05, 0.1) is 5.56 Å². The number of piperidine rings is 1. The minimum absolute atomic E-state index is 0.00844. The van der Waals surface area contributed by atoms with Gasteiger partial charge in [0.25, 0.3) is 5.91 Å². The number of anilines is 1. The molecule has 10 heteroatoms. The van der Waals surface area contributed by atoms with Gasteiger partial charge >= 0.3 is 11.8 Å². The molecule has 7 nitrogen and oxygen atoms in total. The van der Waals surface area contributed by atoms with E-state index < -0.39 is 23.4 Å². The number of aromatic nitrogens is 1. The maximum absolute atomic E-state index is 13.2. The first-order valence-corrected chi connectivity index (χ1v) is 10.9. The summed E-state index contributed by atoms with van der Waals surface area (Å²) < 4.78 is 26.1. The van der Waals surface area contributed by atoms with Crippen LogP contribution in [0.1, 0.15) is 23.2 Å². The van der Waals surface area contributed by atoms with Gasteiger partial charge in [0, 0.05) is 37.6 Å². The summed E-state index contributed by atoms with van der Waals surface area (Å²) in [5.74, 6) is -3.91. The topological polar surface area (TPSA) is 91.4 Å². The molecule has 1 fully saturated rings. The van der Waals surface area contributed by atoms with Gasteiger partial charge < -0.3 is 15.5 Å². The summed E-state index contributed by atoms with van der Waals surface area (Å²) in [6.07, 6.45) is 4.90. The fourth-order valence-electron chi connectivity index (χ4n) is 3.31. The molecular weight excluding hydrogens is 426 g/mol. The molecule has 0 aliphatic carbocycles.